The molecule has 0 amide bonds. The third-order valence-electron chi connectivity index (χ3n) is 24.9. The van der Waals surface area contributed by atoms with Crippen molar-refractivity contribution in [2.45, 2.75) is 71.6 Å². The number of H-pyrrole nitrogens is 8. The fourth-order valence-electron chi connectivity index (χ4n) is 18.2. The molecule has 24 aromatic rings. The quantitative estimate of drug-likeness (QED) is 0.0342. The predicted molar refractivity (Wildman–Crippen MR) is 543 cm³/mol. The Morgan fingerprint density at radius 3 is 0.894 bits per heavy atom. The SMILES string of the molecule is CC(C)Nc1cncc(-c2cnc3n[nH]c(-c4nc5c(-c6cccnc6)cncc5[nH]4)c3c2)c1.CN(C)Cc1cncc(-c2cnc3n[nH]c(-c4nc5c(-c6cccnc6)cncc5[nH]4)c3c2)c1.c1cncc(-c2cncc3[nH]c(-c4[nH]nc5ncc(-c6cncc(CN7CCCC7)c6)cc45)nc23)c1.c1cncc(-c2cncc3[nH]c(-c4[nH]nc5ncc(-c6cncc(CN7CCCCC7)c6)cc45)nc23)c1. The lowest BCUT2D eigenvalue weighted by Gasteiger charge is -2.26. The van der Waals surface area contributed by atoms with Crippen LogP contribution in [-0.4, -0.2) is 221 Å². The molecule has 26 rings (SSSR count). The van der Waals surface area contributed by atoms with Gasteiger partial charge in [0.15, 0.2) is 45.9 Å². The molecule has 0 atom stereocenters. The van der Waals surface area contributed by atoms with Crippen molar-refractivity contribution in [3.8, 4) is 135 Å². The Morgan fingerprint density at radius 2 is 0.582 bits per heavy atom. The standard InChI is InChI=1S/C28H25N9.C27H23N9.2C25H21N9/c1-2-7-37(8-3-1)17-18-9-20(13-30-11-18)21-10-22-26(35-36-27(22)32-14-21)28-33-24-16-31-15-23(25(24)34-28)19-5-4-6-29-12-19;1-2-7-36(6-1)16-17-8-19(12-29-10-17)20-9-21-25(34-35-26(21)31-13-20)27-32-23-15-30-14-22(24(23)33-27)18-4-3-5-28-11-18;1-34(2)14-15-6-17(10-27-8-15)18-7-19-23(32-33-24(19)29-11-18)25-30-21-13-28-12-20(22(21)31-25)16-4-3-5-26-9-16;1-14(2)30-18-6-16(9-27-11-18)17-7-19-23(33-34-24(19)29-10-17)25-31-21-13-28-12-20(22(21)32-25)15-4-3-5-26-8-15/h4-6,9-16H,1-3,7-8,17H2,(H,33,34)(H,32,35,36);3-5,8-15H,1-2,6-7,16H2,(H,32,33)(H,31,34,35);3-13H,14H2,1-2H3,(H,30,31)(H,29,32,33);3-14,30H,1-2H3,(H,31,32)(H,29,33,34). The molecule has 2 aliphatic rings. The molecule has 141 heavy (non-hydrogen) atoms. The number of aromatic nitrogens is 32. The van der Waals surface area contributed by atoms with E-state index in [0.717, 1.165) is 235 Å². The van der Waals surface area contributed by atoms with Crippen molar-refractivity contribution in [2.75, 3.05) is 45.6 Å². The van der Waals surface area contributed by atoms with Gasteiger partial charge in [0, 0.05) is 263 Å². The first-order valence-electron chi connectivity index (χ1n) is 46.4. The summed E-state index contributed by atoms with van der Waals surface area (Å²) in [5, 5.41) is 37.0. The van der Waals surface area contributed by atoms with E-state index >= 15 is 0 Å². The fraction of sp³-hybridized carbons (Fsp3) is 0.162. The van der Waals surface area contributed by atoms with Crippen LogP contribution in [0.1, 0.15) is 62.6 Å². The first-order chi connectivity index (χ1) is 69.4. The smallest absolute Gasteiger partial charge is 0.181 e. The summed E-state index contributed by atoms with van der Waals surface area (Å²) in [6, 6.07) is 32.9. The number of rotatable bonds is 20. The summed E-state index contributed by atoms with van der Waals surface area (Å²) < 4.78 is 0. The summed E-state index contributed by atoms with van der Waals surface area (Å²) >= 11 is 0. The zero-order chi connectivity index (χ0) is 94.6. The van der Waals surface area contributed by atoms with Gasteiger partial charge in [0.1, 0.15) is 44.8 Å². The Hall–Kier alpha value is -18.2. The lowest BCUT2D eigenvalue weighted by Crippen LogP contribution is -2.29. The Bertz CT molecular complexity index is 8360. The molecular weight excluding hydrogens is 1770 g/mol. The third kappa shape index (κ3) is 18.3. The van der Waals surface area contributed by atoms with Crippen LogP contribution in [0.15, 0.2) is 271 Å². The van der Waals surface area contributed by atoms with Crippen molar-refractivity contribution in [1.82, 2.24) is 175 Å². The molecule has 2 fully saturated rings. The van der Waals surface area contributed by atoms with E-state index < -0.39 is 0 Å². The van der Waals surface area contributed by atoms with Crippen LogP contribution in [0.4, 0.5) is 5.69 Å². The largest absolute Gasteiger partial charge is 0.382 e. The molecule has 9 N–H and O–H groups in total. The molecule has 26 heterocycles. The lowest BCUT2D eigenvalue weighted by molar-refractivity contribution is 0.220. The maximum absolute atomic E-state index is 4.92. The van der Waals surface area contributed by atoms with Gasteiger partial charge in [0.05, 0.1) is 74.1 Å². The zero-order valence-electron chi connectivity index (χ0n) is 77.0. The van der Waals surface area contributed by atoms with Crippen LogP contribution >= 0.6 is 0 Å². The van der Waals surface area contributed by atoms with E-state index in [2.05, 4.69) is 223 Å². The third-order valence-corrected chi connectivity index (χ3v) is 24.9. The van der Waals surface area contributed by atoms with Gasteiger partial charge in [-0.2, -0.15) is 20.4 Å². The highest BCUT2D eigenvalue weighted by molar-refractivity contribution is 6.02. The van der Waals surface area contributed by atoms with Gasteiger partial charge < -0.3 is 30.2 Å². The molecule has 690 valence electrons. The maximum atomic E-state index is 4.92. The van der Waals surface area contributed by atoms with Gasteiger partial charge in [-0.1, -0.05) is 30.7 Å². The predicted octanol–water partition coefficient (Wildman–Crippen LogP) is 18.5. The number of nitrogens with zero attached hydrogens (tertiary/aromatic N) is 27. The summed E-state index contributed by atoms with van der Waals surface area (Å²) in [4.78, 5) is 111. The number of anilines is 1. The van der Waals surface area contributed by atoms with Gasteiger partial charge in [0.25, 0.3) is 0 Å². The molecule has 24 aromatic heterocycles. The van der Waals surface area contributed by atoms with E-state index in [4.69, 9.17) is 19.9 Å². The minimum Gasteiger partial charge on any atom is -0.382 e. The van der Waals surface area contributed by atoms with Crippen LogP contribution in [0, 0.1) is 0 Å². The lowest BCUT2D eigenvalue weighted by atomic mass is 10.1. The fourth-order valence-corrected chi connectivity index (χ4v) is 18.2. The Balaban J connectivity index is 0.000000105. The van der Waals surface area contributed by atoms with E-state index in [1.165, 1.54) is 43.2 Å². The molecule has 2 saturated heterocycles. The van der Waals surface area contributed by atoms with Gasteiger partial charge in [-0.25, -0.2) is 39.9 Å². The van der Waals surface area contributed by atoms with Crippen molar-refractivity contribution >= 4 is 94.0 Å². The highest BCUT2D eigenvalue weighted by atomic mass is 15.2. The van der Waals surface area contributed by atoms with Crippen LogP contribution in [0.3, 0.4) is 0 Å². The highest BCUT2D eigenvalue weighted by Crippen LogP contribution is 2.40. The first kappa shape index (κ1) is 86.9. The Kier molecular flexibility index (Phi) is 23.8. The molecule has 0 aromatic carbocycles. The molecule has 0 radical (unpaired) electrons. The number of hydrogen-bond donors (Lipinski definition) is 9. The maximum Gasteiger partial charge on any atom is 0.181 e. The molecule has 36 nitrogen and oxygen atoms in total. The summed E-state index contributed by atoms with van der Waals surface area (Å²) in [6.07, 6.45) is 57.5. The molecule has 0 bridgehead atoms. The molecule has 0 spiro atoms. The second-order valence-electron chi connectivity index (χ2n) is 35.5. The van der Waals surface area contributed by atoms with Crippen LogP contribution in [0.5, 0.6) is 0 Å². The van der Waals surface area contributed by atoms with E-state index in [9.17, 15) is 0 Å². The van der Waals surface area contributed by atoms with Crippen molar-refractivity contribution in [2.24, 2.45) is 0 Å². The van der Waals surface area contributed by atoms with Gasteiger partial charge in [-0.15, -0.1) is 0 Å². The molecule has 0 unspecified atom stereocenters. The molecule has 36 heteroatoms. The Labute approximate surface area is 804 Å². The van der Waals surface area contributed by atoms with E-state index in [-0.39, 0.29) is 0 Å². The number of pyridine rings is 16. The second-order valence-corrected chi connectivity index (χ2v) is 35.5. The van der Waals surface area contributed by atoms with Crippen molar-refractivity contribution in [3.63, 3.8) is 0 Å². The summed E-state index contributed by atoms with van der Waals surface area (Å²) in [5.41, 5.74) is 32.4. The average Bonchev–Trinajstić information content (AvgIpc) is 1.62. The van der Waals surface area contributed by atoms with Crippen LogP contribution in [0.2, 0.25) is 0 Å². The molecule has 2 aliphatic heterocycles. The molecule has 0 aliphatic carbocycles. The average molecular weight is 1860 g/mol. The number of piperidine rings is 1. The van der Waals surface area contributed by atoms with E-state index in [1.807, 2.05) is 180 Å². The molecule has 0 saturated carbocycles. The monoisotopic (exact) mass is 1850 g/mol. The van der Waals surface area contributed by atoms with Crippen LogP contribution < -0.4 is 5.32 Å². The number of hydrogen-bond acceptors (Lipinski definition) is 28. The number of imidazole rings is 4. The summed E-state index contributed by atoms with van der Waals surface area (Å²) in [5.74, 6) is 2.72. The zero-order valence-corrected chi connectivity index (χ0v) is 77.0. The van der Waals surface area contributed by atoms with Gasteiger partial charge in [-0.05, 0) is 169 Å². The topological polar surface area (TPSA) is 457 Å². The first-order valence-corrected chi connectivity index (χ1v) is 46.4. The number of nitrogens with one attached hydrogen (secondary N) is 9. The summed E-state index contributed by atoms with van der Waals surface area (Å²) in [7, 11) is 4.08. The van der Waals surface area contributed by atoms with Gasteiger partial charge in [-0.3, -0.25) is 90.0 Å². The normalized spacial score (nSPS) is 13.0. The van der Waals surface area contributed by atoms with Crippen LogP contribution in [0.25, 0.3) is 223 Å². The highest BCUT2D eigenvalue weighted by Gasteiger charge is 2.25. The van der Waals surface area contributed by atoms with Crippen molar-refractivity contribution in [3.05, 3.63) is 287 Å². The summed E-state index contributed by atoms with van der Waals surface area (Å²) in [6.45, 7) is 11.5. The minimum absolute atomic E-state index is 0.317. The van der Waals surface area contributed by atoms with Gasteiger partial charge in [0.2, 0.25) is 0 Å². The van der Waals surface area contributed by atoms with Crippen molar-refractivity contribution in [1.29, 1.82) is 0 Å². The number of likely N-dealkylation sites (tertiary alicyclic amines) is 2. The number of aromatic amines is 8. The van der Waals surface area contributed by atoms with E-state index in [0.29, 0.717) is 51.9 Å². The minimum atomic E-state index is 0.317. The van der Waals surface area contributed by atoms with Crippen LogP contribution in [-0.2, 0) is 19.6 Å². The number of fused-ring (bicyclic) bond motifs is 8. The Morgan fingerprint density at radius 1 is 0.298 bits per heavy atom. The van der Waals surface area contributed by atoms with Crippen molar-refractivity contribution < 1.29 is 0 Å². The van der Waals surface area contributed by atoms with Gasteiger partial charge >= 0.3 is 0 Å². The van der Waals surface area contributed by atoms with E-state index in [1.54, 1.807) is 55.8 Å². The molecular formula is C105H90N36. The second kappa shape index (κ2) is 38.5.